The van der Waals surface area contributed by atoms with Crippen LogP contribution in [0.25, 0.3) is 15.5 Å². The monoisotopic (exact) mass is 349 g/mol. The minimum atomic E-state index is -0.133. The summed E-state index contributed by atoms with van der Waals surface area (Å²) in [5.41, 5.74) is 3.41. The Morgan fingerprint density at radius 2 is 1.88 bits per heavy atom. The first kappa shape index (κ1) is 15.5. The Morgan fingerprint density at radius 1 is 1.08 bits per heavy atom. The summed E-state index contributed by atoms with van der Waals surface area (Å²) in [6.45, 7) is 3.86. The first-order valence-corrected chi connectivity index (χ1v) is 8.59. The Hall–Kier alpha value is -3.06. The molecule has 0 aliphatic heterocycles. The summed E-state index contributed by atoms with van der Waals surface area (Å²) >= 11 is 1.46. The van der Waals surface area contributed by atoms with E-state index in [0.29, 0.717) is 5.56 Å². The summed E-state index contributed by atoms with van der Waals surface area (Å²) in [7, 11) is 0. The molecule has 6 nitrogen and oxygen atoms in total. The van der Waals surface area contributed by atoms with Gasteiger partial charge >= 0.3 is 0 Å². The van der Waals surface area contributed by atoms with Gasteiger partial charge in [-0.1, -0.05) is 41.2 Å². The molecule has 25 heavy (non-hydrogen) atoms. The number of nitrogens with one attached hydrogen (secondary N) is 1. The van der Waals surface area contributed by atoms with Gasteiger partial charge in [-0.3, -0.25) is 4.79 Å². The Balaban J connectivity index is 1.60. The molecular weight excluding hydrogens is 334 g/mol. The molecule has 0 fully saturated rings. The predicted octanol–water partition coefficient (Wildman–Crippen LogP) is 3.72. The van der Waals surface area contributed by atoms with Crippen LogP contribution >= 0.6 is 11.3 Å². The lowest BCUT2D eigenvalue weighted by Gasteiger charge is -2.06. The normalized spacial score (nSPS) is 11.0. The molecule has 7 heteroatoms. The van der Waals surface area contributed by atoms with Crippen LogP contribution in [0.15, 0.2) is 48.5 Å². The molecule has 124 valence electrons. The van der Waals surface area contributed by atoms with E-state index in [4.69, 9.17) is 0 Å². The number of aryl methyl sites for hydroxylation is 2. The lowest BCUT2D eigenvalue weighted by atomic mass is 10.1. The summed E-state index contributed by atoms with van der Waals surface area (Å²) in [6, 6.07) is 15.1. The van der Waals surface area contributed by atoms with Gasteiger partial charge in [0, 0.05) is 16.8 Å². The maximum Gasteiger partial charge on any atom is 0.255 e. The highest BCUT2D eigenvalue weighted by atomic mass is 32.1. The van der Waals surface area contributed by atoms with E-state index < -0.39 is 0 Å². The first-order valence-electron chi connectivity index (χ1n) is 7.77. The van der Waals surface area contributed by atoms with Gasteiger partial charge in [0.25, 0.3) is 5.91 Å². The van der Waals surface area contributed by atoms with E-state index in [1.807, 2.05) is 62.4 Å². The molecule has 0 saturated carbocycles. The van der Waals surface area contributed by atoms with Gasteiger partial charge in [-0.2, -0.15) is 9.61 Å². The Bertz CT molecular complexity index is 1060. The molecule has 4 rings (SSSR count). The van der Waals surface area contributed by atoms with Gasteiger partial charge in [0.1, 0.15) is 5.01 Å². The molecule has 2 aromatic heterocycles. The molecule has 0 bridgehead atoms. The van der Waals surface area contributed by atoms with Crippen LogP contribution in [0.1, 0.15) is 21.7 Å². The number of amides is 1. The van der Waals surface area contributed by atoms with Gasteiger partial charge in [0.2, 0.25) is 4.96 Å². The van der Waals surface area contributed by atoms with Crippen molar-refractivity contribution in [2.45, 2.75) is 13.8 Å². The molecule has 0 unspecified atom stereocenters. The second kappa shape index (κ2) is 6.10. The Labute approximate surface area is 148 Å². The molecule has 1 N–H and O–H groups in total. The van der Waals surface area contributed by atoms with Gasteiger partial charge in [0.05, 0.1) is 0 Å². The van der Waals surface area contributed by atoms with Crippen molar-refractivity contribution in [3.05, 3.63) is 65.5 Å². The van der Waals surface area contributed by atoms with E-state index >= 15 is 0 Å². The van der Waals surface area contributed by atoms with Crippen LogP contribution in [-0.4, -0.2) is 25.7 Å². The molecule has 4 aromatic rings. The molecule has 0 atom stereocenters. The number of rotatable bonds is 3. The van der Waals surface area contributed by atoms with Crippen LogP contribution < -0.4 is 5.32 Å². The van der Waals surface area contributed by atoms with E-state index in [1.165, 1.54) is 11.3 Å². The molecular formula is C18H15N5OS. The number of fused-ring (bicyclic) bond motifs is 1. The number of aromatic nitrogens is 4. The van der Waals surface area contributed by atoms with E-state index in [9.17, 15) is 4.79 Å². The zero-order chi connectivity index (χ0) is 17.4. The van der Waals surface area contributed by atoms with Crippen LogP contribution in [0, 0.1) is 13.8 Å². The zero-order valence-corrected chi connectivity index (χ0v) is 14.5. The Morgan fingerprint density at radius 3 is 2.64 bits per heavy atom. The number of carbonyl (C=O) groups is 1. The fourth-order valence-electron chi connectivity index (χ4n) is 2.47. The van der Waals surface area contributed by atoms with Gasteiger partial charge in [-0.25, -0.2) is 0 Å². The average Bonchev–Trinajstić information content (AvgIpc) is 3.18. The number of hydrogen-bond acceptors (Lipinski definition) is 5. The topological polar surface area (TPSA) is 72.2 Å². The van der Waals surface area contributed by atoms with E-state index in [0.717, 1.165) is 32.6 Å². The minimum Gasteiger partial charge on any atom is -0.322 e. The third kappa shape index (κ3) is 3.01. The fourth-order valence-corrected chi connectivity index (χ4v) is 3.35. The van der Waals surface area contributed by atoms with E-state index in [2.05, 4.69) is 20.6 Å². The van der Waals surface area contributed by atoms with Crippen molar-refractivity contribution in [2.24, 2.45) is 0 Å². The first-order chi connectivity index (χ1) is 12.1. The molecule has 2 aromatic carbocycles. The van der Waals surface area contributed by atoms with Crippen molar-refractivity contribution in [3.63, 3.8) is 0 Å². The third-order valence-electron chi connectivity index (χ3n) is 3.83. The zero-order valence-electron chi connectivity index (χ0n) is 13.7. The van der Waals surface area contributed by atoms with Crippen LogP contribution in [-0.2, 0) is 0 Å². The molecule has 0 spiro atoms. The summed E-state index contributed by atoms with van der Waals surface area (Å²) in [6.07, 6.45) is 0. The average molecular weight is 349 g/mol. The highest BCUT2D eigenvalue weighted by molar-refractivity contribution is 7.19. The van der Waals surface area contributed by atoms with Gasteiger partial charge < -0.3 is 5.32 Å². The van der Waals surface area contributed by atoms with Crippen LogP contribution in [0.2, 0.25) is 0 Å². The van der Waals surface area contributed by atoms with Gasteiger partial charge in [-0.05, 0) is 38.1 Å². The maximum absolute atomic E-state index is 12.4. The second-order valence-corrected chi connectivity index (χ2v) is 6.71. The molecule has 2 heterocycles. The highest BCUT2D eigenvalue weighted by Gasteiger charge is 2.12. The van der Waals surface area contributed by atoms with E-state index in [1.54, 1.807) is 4.52 Å². The minimum absolute atomic E-state index is 0.133. The summed E-state index contributed by atoms with van der Waals surface area (Å²) in [4.78, 5) is 13.1. The quantitative estimate of drug-likeness (QED) is 0.612. The highest BCUT2D eigenvalue weighted by Crippen LogP contribution is 2.27. The summed E-state index contributed by atoms with van der Waals surface area (Å²) < 4.78 is 1.72. The van der Waals surface area contributed by atoms with E-state index in [-0.39, 0.29) is 5.91 Å². The second-order valence-electron chi connectivity index (χ2n) is 5.75. The number of carbonyl (C=O) groups excluding carboxylic acids is 1. The van der Waals surface area contributed by atoms with Crippen molar-refractivity contribution in [3.8, 4) is 10.6 Å². The fraction of sp³-hybridized carbons (Fsp3) is 0.111. The number of anilines is 1. The van der Waals surface area contributed by atoms with Crippen molar-refractivity contribution in [1.82, 2.24) is 19.8 Å². The standard InChI is InChI=1S/C18H15N5OS/c1-11-6-8-13(9-7-11)16(24)19-15-5-3-4-14(10-15)17-22-23-12(2)20-21-18(23)25-17/h3-10H,1-2H3,(H,19,24). The van der Waals surface area contributed by atoms with Crippen LogP contribution in [0.3, 0.4) is 0 Å². The van der Waals surface area contributed by atoms with Gasteiger partial charge in [-0.15, -0.1) is 10.2 Å². The van der Waals surface area contributed by atoms with Crippen LogP contribution in [0.4, 0.5) is 5.69 Å². The number of benzene rings is 2. The molecule has 0 aliphatic rings. The largest absolute Gasteiger partial charge is 0.322 e. The predicted molar refractivity (Wildman–Crippen MR) is 98.0 cm³/mol. The summed E-state index contributed by atoms with van der Waals surface area (Å²) in [5, 5.41) is 16.4. The Kier molecular flexibility index (Phi) is 3.77. The van der Waals surface area contributed by atoms with Crippen molar-refractivity contribution < 1.29 is 4.79 Å². The molecule has 1 amide bonds. The summed E-state index contributed by atoms with van der Waals surface area (Å²) in [5.74, 6) is 0.618. The SMILES string of the molecule is Cc1ccc(C(=O)Nc2cccc(-c3nn4c(C)nnc4s3)c2)cc1. The smallest absolute Gasteiger partial charge is 0.255 e. The third-order valence-corrected chi connectivity index (χ3v) is 4.78. The van der Waals surface area contributed by atoms with Crippen molar-refractivity contribution in [1.29, 1.82) is 0 Å². The van der Waals surface area contributed by atoms with Gasteiger partial charge in [0.15, 0.2) is 5.82 Å². The van der Waals surface area contributed by atoms with Crippen molar-refractivity contribution in [2.75, 3.05) is 5.32 Å². The number of nitrogens with zero attached hydrogens (tertiary/aromatic N) is 4. The van der Waals surface area contributed by atoms with Crippen molar-refractivity contribution >= 4 is 27.9 Å². The number of hydrogen-bond donors (Lipinski definition) is 1. The molecule has 0 radical (unpaired) electrons. The molecule has 0 saturated heterocycles. The maximum atomic E-state index is 12.4. The molecule has 0 aliphatic carbocycles. The lowest BCUT2D eigenvalue weighted by molar-refractivity contribution is 0.102. The lowest BCUT2D eigenvalue weighted by Crippen LogP contribution is -2.11. The van der Waals surface area contributed by atoms with Crippen LogP contribution in [0.5, 0.6) is 0 Å².